The second-order valence-electron chi connectivity index (χ2n) is 3.96. The van der Waals surface area contributed by atoms with Gasteiger partial charge in [0.25, 0.3) is 0 Å². The monoisotopic (exact) mass is 245 g/mol. The number of primary amides is 1. The maximum atomic E-state index is 11.4. The summed E-state index contributed by atoms with van der Waals surface area (Å²) in [5, 5.41) is 8.37. The molecule has 2 atom stereocenters. The number of aliphatic carboxylic acids is 1. The first-order chi connectivity index (χ1) is 7.88. The Balaban J connectivity index is 4.04. The lowest BCUT2D eigenvalue weighted by molar-refractivity contribution is -0.150. The molecule has 0 aliphatic carbocycles. The Morgan fingerprint density at radius 3 is 2.35 bits per heavy atom. The Kier molecular flexibility index (Phi) is 6.93. The first kappa shape index (κ1) is 15.4. The standard InChI is InChI=1S/C11H19NO5/c1-3-8(10(12)15)6-7(2)11(16)17-5-4-9(13)14/h7-8H,3-6H2,1-2H3,(H2,12,15)(H,13,14). The lowest BCUT2D eigenvalue weighted by Gasteiger charge is -2.15. The van der Waals surface area contributed by atoms with Gasteiger partial charge in [-0.05, 0) is 12.8 Å². The van der Waals surface area contributed by atoms with Gasteiger partial charge < -0.3 is 15.6 Å². The second kappa shape index (κ2) is 7.65. The van der Waals surface area contributed by atoms with Crippen LogP contribution in [0.3, 0.4) is 0 Å². The molecule has 0 rings (SSSR count). The minimum Gasteiger partial charge on any atom is -0.481 e. The van der Waals surface area contributed by atoms with Crippen LogP contribution < -0.4 is 5.73 Å². The molecule has 0 fully saturated rings. The van der Waals surface area contributed by atoms with E-state index in [1.807, 2.05) is 6.92 Å². The average molecular weight is 245 g/mol. The highest BCUT2D eigenvalue weighted by atomic mass is 16.5. The molecule has 0 aromatic heterocycles. The van der Waals surface area contributed by atoms with E-state index in [1.54, 1.807) is 6.92 Å². The molecular weight excluding hydrogens is 226 g/mol. The molecular formula is C11H19NO5. The number of nitrogens with two attached hydrogens (primary N) is 1. The SMILES string of the molecule is CCC(CC(C)C(=O)OCCC(=O)O)C(N)=O. The highest BCUT2D eigenvalue weighted by Gasteiger charge is 2.22. The topological polar surface area (TPSA) is 107 Å². The fourth-order valence-corrected chi connectivity index (χ4v) is 1.39. The van der Waals surface area contributed by atoms with Gasteiger partial charge in [-0.25, -0.2) is 0 Å². The normalized spacial score (nSPS) is 13.8. The lowest BCUT2D eigenvalue weighted by Crippen LogP contribution is -2.27. The van der Waals surface area contributed by atoms with Crippen molar-refractivity contribution < 1.29 is 24.2 Å². The zero-order valence-electron chi connectivity index (χ0n) is 10.1. The fraction of sp³-hybridized carbons (Fsp3) is 0.727. The Labute approximate surface area is 100 Å². The van der Waals surface area contributed by atoms with Crippen molar-refractivity contribution in [1.29, 1.82) is 0 Å². The van der Waals surface area contributed by atoms with Crippen molar-refractivity contribution in [2.24, 2.45) is 17.6 Å². The molecule has 98 valence electrons. The van der Waals surface area contributed by atoms with E-state index in [9.17, 15) is 14.4 Å². The molecule has 0 saturated carbocycles. The predicted molar refractivity (Wildman–Crippen MR) is 60.0 cm³/mol. The van der Waals surface area contributed by atoms with E-state index in [2.05, 4.69) is 0 Å². The van der Waals surface area contributed by atoms with E-state index in [0.717, 1.165) is 0 Å². The van der Waals surface area contributed by atoms with Crippen molar-refractivity contribution in [3.63, 3.8) is 0 Å². The summed E-state index contributed by atoms with van der Waals surface area (Å²) in [5.74, 6) is -2.75. The van der Waals surface area contributed by atoms with Crippen molar-refractivity contribution in [2.45, 2.75) is 33.1 Å². The molecule has 3 N–H and O–H groups in total. The van der Waals surface area contributed by atoms with Crippen LogP contribution in [0.15, 0.2) is 0 Å². The van der Waals surface area contributed by atoms with Crippen LogP contribution in [-0.2, 0) is 19.1 Å². The van der Waals surface area contributed by atoms with Crippen molar-refractivity contribution in [2.75, 3.05) is 6.61 Å². The van der Waals surface area contributed by atoms with Gasteiger partial charge in [0.2, 0.25) is 5.91 Å². The minimum absolute atomic E-state index is 0.147. The Hall–Kier alpha value is -1.59. The third-order valence-electron chi connectivity index (χ3n) is 2.50. The van der Waals surface area contributed by atoms with Crippen LogP contribution in [0, 0.1) is 11.8 Å². The lowest BCUT2D eigenvalue weighted by atomic mass is 9.93. The molecule has 1 amide bonds. The van der Waals surface area contributed by atoms with Gasteiger partial charge in [0.15, 0.2) is 0 Å². The summed E-state index contributed by atoms with van der Waals surface area (Å²) in [6.07, 6.45) is 0.686. The molecule has 0 aromatic carbocycles. The molecule has 0 aliphatic rings. The third kappa shape index (κ3) is 6.55. The number of hydrogen-bond donors (Lipinski definition) is 2. The van der Waals surface area contributed by atoms with Crippen LogP contribution in [0.25, 0.3) is 0 Å². The van der Waals surface area contributed by atoms with Gasteiger partial charge in [-0.2, -0.15) is 0 Å². The highest BCUT2D eigenvalue weighted by molar-refractivity contribution is 5.78. The number of rotatable bonds is 8. The van der Waals surface area contributed by atoms with Gasteiger partial charge in [0.05, 0.1) is 12.3 Å². The molecule has 0 spiro atoms. The van der Waals surface area contributed by atoms with Gasteiger partial charge in [-0.15, -0.1) is 0 Å². The van der Waals surface area contributed by atoms with Crippen LogP contribution in [-0.4, -0.2) is 29.6 Å². The van der Waals surface area contributed by atoms with E-state index in [-0.39, 0.29) is 18.9 Å². The number of esters is 1. The number of ether oxygens (including phenoxy) is 1. The Morgan fingerprint density at radius 1 is 1.35 bits per heavy atom. The fourth-order valence-electron chi connectivity index (χ4n) is 1.39. The van der Waals surface area contributed by atoms with Crippen LogP contribution >= 0.6 is 0 Å². The number of carbonyl (C=O) groups is 3. The van der Waals surface area contributed by atoms with Gasteiger partial charge in [-0.3, -0.25) is 14.4 Å². The van der Waals surface area contributed by atoms with Crippen molar-refractivity contribution in [3.8, 4) is 0 Å². The van der Waals surface area contributed by atoms with Crippen molar-refractivity contribution in [1.82, 2.24) is 0 Å². The molecule has 0 bridgehead atoms. The number of carboxylic acids is 1. The van der Waals surface area contributed by atoms with Crippen molar-refractivity contribution in [3.05, 3.63) is 0 Å². The number of amides is 1. The van der Waals surface area contributed by atoms with E-state index in [0.29, 0.717) is 12.8 Å². The van der Waals surface area contributed by atoms with Gasteiger partial charge >= 0.3 is 11.9 Å². The van der Waals surface area contributed by atoms with Gasteiger partial charge in [0, 0.05) is 5.92 Å². The minimum atomic E-state index is -1.02. The van der Waals surface area contributed by atoms with E-state index in [4.69, 9.17) is 15.6 Å². The van der Waals surface area contributed by atoms with Crippen LogP contribution in [0.4, 0.5) is 0 Å². The van der Waals surface area contributed by atoms with Gasteiger partial charge in [0.1, 0.15) is 6.61 Å². The summed E-state index contributed by atoms with van der Waals surface area (Å²) in [4.78, 5) is 32.6. The maximum Gasteiger partial charge on any atom is 0.308 e. The van der Waals surface area contributed by atoms with Crippen LogP contribution in [0.2, 0.25) is 0 Å². The van der Waals surface area contributed by atoms with Crippen LogP contribution in [0.5, 0.6) is 0 Å². The summed E-state index contributed by atoms with van der Waals surface area (Å²) in [6.45, 7) is 3.30. The Morgan fingerprint density at radius 2 is 1.94 bits per heavy atom. The summed E-state index contributed by atoms with van der Waals surface area (Å²) >= 11 is 0. The van der Waals surface area contributed by atoms with Crippen molar-refractivity contribution >= 4 is 17.8 Å². The summed E-state index contributed by atoms with van der Waals surface area (Å²) in [7, 11) is 0. The third-order valence-corrected chi connectivity index (χ3v) is 2.50. The molecule has 0 aliphatic heterocycles. The average Bonchev–Trinajstić information content (AvgIpc) is 2.24. The van der Waals surface area contributed by atoms with E-state index < -0.39 is 23.8 Å². The molecule has 6 nitrogen and oxygen atoms in total. The molecule has 6 heteroatoms. The summed E-state index contributed by atoms with van der Waals surface area (Å²) < 4.78 is 4.77. The number of carboxylic acid groups (broad SMARTS) is 1. The summed E-state index contributed by atoms with van der Waals surface area (Å²) in [5.41, 5.74) is 5.17. The zero-order valence-corrected chi connectivity index (χ0v) is 10.1. The second-order valence-corrected chi connectivity index (χ2v) is 3.96. The zero-order chi connectivity index (χ0) is 13.4. The van der Waals surface area contributed by atoms with E-state index >= 15 is 0 Å². The smallest absolute Gasteiger partial charge is 0.308 e. The first-order valence-corrected chi connectivity index (χ1v) is 5.56. The quantitative estimate of drug-likeness (QED) is 0.607. The molecule has 17 heavy (non-hydrogen) atoms. The Bertz CT molecular complexity index is 290. The van der Waals surface area contributed by atoms with Gasteiger partial charge in [-0.1, -0.05) is 13.8 Å². The molecule has 0 aromatic rings. The van der Waals surface area contributed by atoms with Crippen LogP contribution in [0.1, 0.15) is 33.1 Å². The number of carbonyl (C=O) groups excluding carboxylic acids is 2. The molecule has 0 saturated heterocycles. The first-order valence-electron chi connectivity index (χ1n) is 5.56. The molecule has 0 heterocycles. The maximum absolute atomic E-state index is 11.4. The molecule has 0 radical (unpaired) electrons. The largest absolute Gasteiger partial charge is 0.481 e. The number of hydrogen-bond acceptors (Lipinski definition) is 4. The summed E-state index contributed by atoms with van der Waals surface area (Å²) in [6, 6.07) is 0. The molecule has 2 unspecified atom stereocenters. The predicted octanol–water partition coefficient (Wildman–Crippen LogP) is 0.542. The highest BCUT2D eigenvalue weighted by Crippen LogP contribution is 2.16. The van der Waals surface area contributed by atoms with E-state index in [1.165, 1.54) is 0 Å².